The second-order valence-corrected chi connectivity index (χ2v) is 6.78. The van der Waals surface area contributed by atoms with Crippen LogP contribution in [0.25, 0.3) is 11.3 Å². The molecule has 2 heterocycles. The molecule has 6 heteroatoms. The van der Waals surface area contributed by atoms with Gasteiger partial charge in [0.05, 0.1) is 5.69 Å². The molecule has 3 aromatic rings. The van der Waals surface area contributed by atoms with Gasteiger partial charge in [-0.25, -0.2) is 4.39 Å². The summed E-state index contributed by atoms with van der Waals surface area (Å²) in [6.07, 6.45) is 1.95. The second-order valence-electron chi connectivity index (χ2n) is 6.78. The Balaban J connectivity index is 1.46. The van der Waals surface area contributed by atoms with E-state index in [9.17, 15) is 4.39 Å². The SMILES string of the molecule is Nc1ccc(-c2ccc(NCC3(c4ccccn4)CC(F)C3)nn2)cc1. The molecule has 4 rings (SSSR count). The van der Waals surface area contributed by atoms with E-state index in [0.29, 0.717) is 30.9 Å². The molecule has 0 atom stereocenters. The van der Waals surface area contributed by atoms with E-state index in [1.807, 2.05) is 54.6 Å². The largest absolute Gasteiger partial charge is 0.399 e. The third-order valence-corrected chi connectivity index (χ3v) is 4.91. The van der Waals surface area contributed by atoms with Crippen molar-refractivity contribution in [2.45, 2.75) is 24.4 Å². The summed E-state index contributed by atoms with van der Waals surface area (Å²) in [6, 6.07) is 17.1. The molecule has 0 amide bonds. The van der Waals surface area contributed by atoms with Crippen LogP contribution in [0.15, 0.2) is 60.8 Å². The first-order valence-corrected chi connectivity index (χ1v) is 8.64. The fraction of sp³-hybridized carbons (Fsp3) is 0.250. The number of rotatable bonds is 5. The number of nitrogens with two attached hydrogens (primary N) is 1. The highest BCUT2D eigenvalue weighted by molar-refractivity contribution is 5.62. The molecule has 0 spiro atoms. The maximum atomic E-state index is 13.6. The summed E-state index contributed by atoms with van der Waals surface area (Å²) in [6.45, 7) is 0.584. The van der Waals surface area contributed by atoms with E-state index in [0.717, 1.165) is 17.0 Å². The summed E-state index contributed by atoms with van der Waals surface area (Å²) in [5, 5.41) is 11.8. The Morgan fingerprint density at radius 1 is 1.04 bits per heavy atom. The first-order valence-electron chi connectivity index (χ1n) is 8.64. The van der Waals surface area contributed by atoms with Crippen LogP contribution in [0, 0.1) is 0 Å². The molecular formula is C20H20FN5. The Bertz CT molecular complexity index is 859. The highest BCUT2D eigenvalue weighted by atomic mass is 19.1. The van der Waals surface area contributed by atoms with Crippen molar-refractivity contribution in [3.05, 3.63) is 66.5 Å². The zero-order chi connectivity index (χ0) is 18.0. The van der Waals surface area contributed by atoms with Crippen molar-refractivity contribution in [2.24, 2.45) is 0 Å². The van der Waals surface area contributed by atoms with Crippen molar-refractivity contribution in [3.8, 4) is 11.3 Å². The van der Waals surface area contributed by atoms with Crippen molar-refractivity contribution in [3.63, 3.8) is 0 Å². The van der Waals surface area contributed by atoms with Crippen LogP contribution < -0.4 is 11.1 Å². The van der Waals surface area contributed by atoms with Crippen LogP contribution in [-0.4, -0.2) is 27.9 Å². The van der Waals surface area contributed by atoms with Crippen LogP contribution in [0.1, 0.15) is 18.5 Å². The van der Waals surface area contributed by atoms with Gasteiger partial charge in [-0.3, -0.25) is 4.98 Å². The zero-order valence-corrected chi connectivity index (χ0v) is 14.3. The van der Waals surface area contributed by atoms with Gasteiger partial charge in [0.25, 0.3) is 0 Å². The topological polar surface area (TPSA) is 76.7 Å². The summed E-state index contributed by atoms with van der Waals surface area (Å²) >= 11 is 0. The van der Waals surface area contributed by atoms with Crippen molar-refractivity contribution in [1.29, 1.82) is 0 Å². The number of benzene rings is 1. The third kappa shape index (κ3) is 3.22. The molecule has 2 aromatic heterocycles. The van der Waals surface area contributed by atoms with Crippen LogP contribution >= 0.6 is 0 Å². The molecule has 5 nitrogen and oxygen atoms in total. The molecule has 1 aromatic carbocycles. The smallest absolute Gasteiger partial charge is 0.148 e. The average Bonchev–Trinajstić information content (AvgIpc) is 2.66. The molecule has 3 N–H and O–H groups in total. The first kappa shape index (κ1) is 16.4. The monoisotopic (exact) mass is 349 g/mol. The Hall–Kier alpha value is -3.02. The van der Waals surface area contributed by atoms with Crippen molar-refractivity contribution in [2.75, 3.05) is 17.6 Å². The maximum Gasteiger partial charge on any atom is 0.148 e. The number of nitrogens with one attached hydrogen (secondary N) is 1. The van der Waals surface area contributed by atoms with Gasteiger partial charge in [-0.1, -0.05) is 18.2 Å². The number of alkyl halides is 1. The van der Waals surface area contributed by atoms with Crippen LogP contribution in [0.4, 0.5) is 15.9 Å². The van der Waals surface area contributed by atoms with Gasteiger partial charge in [0.2, 0.25) is 0 Å². The Kier molecular flexibility index (Phi) is 4.24. The minimum atomic E-state index is -0.766. The standard InChI is InChI=1S/C20H20FN5/c21-15-11-20(12-15,18-3-1-2-10-23-18)13-24-19-9-8-17(25-26-19)14-4-6-16(22)7-5-14/h1-10,15H,11-13,22H2,(H,24,26). The van der Waals surface area contributed by atoms with E-state index < -0.39 is 6.17 Å². The normalized spacial score (nSPS) is 21.8. The Morgan fingerprint density at radius 2 is 1.85 bits per heavy atom. The zero-order valence-electron chi connectivity index (χ0n) is 14.3. The van der Waals surface area contributed by atoms with E-state index in [2.05, 4.69) is 20.5 Å². The van der Waals surface area contributed by atoms with Gasteiger partial charge in [0.1, 0.15) is 12.0 Å². The molecule has 1 aliphatic rings. The molecule has 1 fully saturated rings. The second kappa shape index (κ2) is 6.71. The van der Waals surface area contributed by atoms with Gasteiger partial charge in [0.15, 0.2) is 0 Å². The molecule has 1 saturated carbocycles. The summed E-state index contributed by atoms with van der Waals surface area (Å²) in [7, 11) is 0. The fourth-order valence-corrected chi connectivity index (χ4v) is 3.40. The summed E-state index contributed by atoms with van der Waals surface area (Å²) < 4.78 is 13.6. The Morgan fingerprint density at radius 3 is 2.46 bits per heavy atom. The number of nitrogen functional groups attached to an aromatic ring is 1. The molecule has 0 radical (unpaired) electrons. The lowest BCUT2D eigenvalue weighted by Crippen LogP contribution is -2.48. The predicted octanol–water partition coefficient (Wildman–Crippen LogP) is 3.60. The predicted molar refractivity (Wildman–Crippen MR) is 100 cm³/mol. The molecule has 0 saturated heterocycles. The van der Waals surface area contributed by atoms with Crippen molar-refractivity contribution in [1.82, 2.24) is 15.2 Å². The van der Waals surface area contributed by atoms with Gasteiger partial charge < -0.3 is 11.1 Å². The lowest BCUT2D eigenvalue weighted by atomic mass is 9.65. The van der Waals surface area contributed by atoms with Gasteiger partial charge in [-0.15, -0.1) is 10.2 Å². The number of halogens is 1. The highest BCUT2D eigenvalue weighted by Crippen LogP contribution is 2.44. The van der Waals surface area contributed by atoms with Crippen LogP contribution in [0.2, 0.25) is 0 Å². The molecular weight excluding hydrogens is 329 g/mol. The van der Waals surface area contributed by atoms with E-state index >= 15 is 0 Å². The van der Waals surface area contributed by atoms with Gasteiger partial charge in [-0.05, 0) is 49.2 Å². The minimum absolute atomic E-state index is 0.280. The van der Waals surface area contributed by atoms with Crippen LogP contribution in [-0.2, 0) is 5.41 Å². The number of anilines is 2. The minimum Gasteiger partial charge on any atom is -0.399 e. The Labute approximate surface area is 151 Å². The lowest BCUT2D eigenvalue weighted by molar-refractivity contribution is 0.0996. The van der Waals surface area contributed by atoms with E-state index in [4.69, 9.17) is 5.73 Å². The summed E-state index contributed by atoms with van der Waals surface area (Å²) in [5.74, 6) is 0.668. The van der Waals surface area contributed by atoms with Crippen LogP contribution in [0.3, 0.4) is 0 Å². The average molecular weight is 349 g/mol. The summed E-state index contributed by atoms with van der Waals surface area (Å²) in [4.78, 5) is 4.43. The third-order valence-electron chi connectivity index (χ3n) is 4.91. The molecule has 26 heavy (non-hydrogen) atoms. The molecule has 0 bridgehead atoms. The molecule has 0 aliphatic heterocycles. The van der Waals surface area contributed by atoms with Gasteiger partial charge in [0, 0.05) is 35.1 Å². The number of hydrogen-bond donors (Lipinski definition) is 2. The molecule has 0 unspecified atom stereocenters. The lowest BCUT2D eigenvalue weighted by Gasteiger charge is -2.43. The van der Waals surface area contributed by atoms with Gasteiger partial charge >= 0.3 is 0 Å². The van der Waals surface area contributed by atoms with E-state index in [1.54, 1.807) is 6.20 Å². The van der Waals surface area contributed by atoms with Gasteiger partial charge in [-0.2, -0.15) is 0 Å². The maximum absolute atomic E-state index is 13.6. The van der Waals surface area contributed by atoms with Crippen molar-refractivity contribution >= 4 is 11.5 Å². The fourth-order valence-electron chi connectivity index (χ4n) is 3.40. The number of nitrogens with zero attached hydrogens (tertiary/aromatic N) is 3. The van der Waals surface area contributed by atoms with Crippen molar-refractivity contribution < 1.29 is 4.39 Å². The molecule has 132 valence electrons. The summed E-state index contributed by atoms with van der Waals surface area (Å²) in [5.41, 5.74) is 8.81. The van der Waals surface area contributed by atoms with E-state index in [1.165, 1.54) is 0 Å². The van der Waals surface area contributed by atoms with E-state index in [-0.39, 0.29) is 5.41 Å². The first-order chi connectivity index (χ1) is 12.6. The number of aromatic nitrogens is 3. The number of hydrogen-bond acceptors (Lipinski definition) is 5. The number of pyridine rings is 1. The quantitative estimate of drug-likeness (QED) is 0.688. The molecule has 1 aliphatic carbocycles. The highest BCUT2D eigenvalue weighted by Gasteiger charge is 2.46. The van der Waals surface area contributed by atoms with Crippen LogP contribution in [0.5, 0.6) is 0 Å².